The molecule has 5 rings (SSSR count). The number of aromatic hydroxyl groups is 3. The van der Waals surface area contributed by atoms with Crippen LogP contribution in [0.4, 0.5) is 5.69 Å². The molecule has 16 heteroatoms. The molecule has 2 aromatic rings. The molecule has 330 valence electrons. The van der Waals surface area contributed by atoms with Crippen LogP contribution in [0.2, 0.25) is 0 Å². The van der Waals surface area contributed by atoms with Crippen molar-refractivity contribution in [1.82, 2.24) is 0 Å². The van der Waals surface area contributed by atoms with E-state index >= 15 is 0 Å². The summed E-state index contributed by atoms with van der Waals surface area (Å²) in [5, 5.41) is 64.0. The van der Waals surface area contributed by atoms with Gasteiger partial charge in [0.2, 0.25) is 0 Å². The molecule has 0 unspecified atom stereocenters. The second-order valence-corrected chi connectivity index (χ2v) is 15.7. The minimum Gasteiger partial charge on any atom is -0.507 e. The van der Waals surface area contributed by atoms with Crippen LogP contribution in [0, 0.1) is 30.6 Å². The Kier molecular flexibility index (Phi) is 16.2. The minimum atomic E-state index is -2.07. The SMILES string of the molecule is CCCCOCCO/N=C/c1c2c(O)c3c(O)c(C)c4c(c3c1O)C(=O)[C@@](C)(O/C=C/[C@H](OC)[C@@H](C)[C@@H](OC(C)=O)[C@H](C)[C@H](O)[C@H](C)[C@@H](O)[C@@H](C)/C=C/C=C(/C)C(=O)N2)O4. The third kappa shape index (κ3) is 10.1. The molecule has 3 heterocycles. The molecule has 0 aliphatic carbocycles. The molecule has 2 aromatic carbocycles. The molecule has 60 heavy (non-hydrogen) atoms. The Bertz CT molecular complexity index is 2030. The van der Waals surface area contributed by atoms with E-state index in [9.17, 15) is 39.9 Å². The number of hydrogen-bond acceptors (Lipinski definition) is 15. The second kappa shape index (κ2) is 20.4. The number of benzene rings is 2. The first-order chi connectivity index (χ1) is 28.3. The predicted molar refractivity (Wildman–Crippen MR) is 223 cm³/mol. The van der Waals surface area contributed by atoms with E-state index in [0.717, 1.165) is 19.1 Å². The highest BCUT2D eigenvalue weighted by Crippen LogP contribution is 2.55. The van der Waals surface area contributed by atoms with E-state index < -0.39 is 88.8 Å². The number of anilines is 1. The first-order valence-corrected chi connectivity index (χ1v) is 20.1. The molecule has 0 saturated carbocycles. The summed E-state index contributed by atoms with van der Waals surface area (Å²) < 4.78 is 29.0. The molecule has 0 aromatic heterocycles. The molecule has 5 bridgehead atoms. The number of ether oxygens (including phenoxy) is 5. The zero-order chi connectivity index (χ0) is 44.6. The monoisotopic (exact) mass is 840 g/mol. The third-order valence-electron chi connectivity index (χ3n) is 11.3. The summed E-state index contributed by atoms with van der Waals surface area (Å²) in [4.78, 5) is 45.7. The van der Waals surface area contributed by atoms with Crippen LogP contribution in [-0.4, -0.2) is 107 Å². The molecule has 9 atom stereocenters. The number of methoxy groups -OCH3 is 1. The van der Waals surface area contributed by atoms with Gasteiger partial charge in [0.05, 0.1) is 59.6 Å². The Morgan fingerprint density at radius 2 is 1.65 bits per heavy atom. The second-order valence-electron chi connectivity index (χ2n) is 15.7. The van der Waals surface area contributed by atoms with Crippen molar-refractivity contribution in [3.8, 4) is 23.0 Å². The zero-order valence-electron chi connectivity index (χ0n) is 36.0. The number of phenolic OH excluding ortho intramolecular Hbond substituents is 3. The van der Waals surface area contributed by atoms with Gasteiger partial charge in [-0.25, -0.2) is 0 Å². The molecule has 3 aliphatic heterocycles. The Balaban J connectivity index is 1.92. The van der Waals surface area contributed by atoms with Gasteiger partial charge in [-0.2, -0.15) is 0 Å². The van der Waals surface area contributed by atoms with Crippen molar-refractivity contribution in [3.63, 3.8) is 0 Å². The molecule has 0 fully saturated rings. The summed E-state index contributed by atoms with van der Waals surface area (Å²) in [6.07, 6.45) is 6.29. The number of aliphatic hydroxyl groups excluding tert-OH is 2. The van der Waals surface area contributed by atoms with Crippen LogP contribution in [0.1, 0.15) is 89.7 Å². The van der Waals surface area contributed by atoms with Crippen molar-refractivity contribution < 1.29 is 68.4 Å². The Hall–Kier alpha value is -5.16. The standard InChI is InChI=1S/C44H60N2O14/c1-11-12-17-56-19-20-58-45-21-29-34-39(52)32-31(38(29)51)33-41(27(7)37(32)50)60-44(9,42(33)53)57-18-16-30(55-10)24(4)40(59-28(8)47)26(6)36(49)25(5)35(48)22(2)14-13-15-23(3)43(54)46-34/h13-16,18,21-22,24-26,30,35-36,40,48-52H,11-12,17,19-20H2,1-10H3,(H,46,54)/b14-13+,18-16+,23-15-,45-21+/t22-,24+,25+,26+,30-,35-,36+,40+,44-/m0/s1. The number of amides is 1. The van der Waals surface area contributed by atoms with Gasteiger partial charge in [-0.1, -0.05) is 64.4 Å². The van der Waals surface area contributed by atoms with Crippen molar-refractivity contribution in [2.75, 3.05) is 32.2 Å². The van der Waals surface area contributed by atoms with Crippen molar-refractivity contribution in [3.05, 3.63) is 52.8 Å². The quantitative estimate of drug-likeness (QED) is 0.0407. The molecular weight excluding hydrogens is 780 g/mol. The lowest BCUT2D eigenvalue weighted by molar-refractivity contribution is -0.160. The Morgan fingerprint density at radius 1 is 0.950 bits per heavy atom. The highest BCUT2D eigenvalue weighted by Gasteiger charge is 2.50. The average Bonchev–Trinajstić information content (AvgIpc) is 3.47. The summed E-state index contributed by atoms with van der Waals surface area (Å²) in [5.41, 5.74) is -0.672. The summed E-state index contributed by atoms with van der Waals surface area (Å²) in [6, 6.07) is 0. The van der Waals surface area contributed by atoms with E-state index in [2.05, 4.69) is 10.5 Å². The Morgan fingerprint density at radius 3 is 2.30 bits per heavy atom. The highest BCUT2D eigenvalue weighted by atomic mass is 16.7. The number of aliphatic hydroxyl groups is 2. The van der Waals surface area contributed by atoms with Crippen molar-refractivity contribution in [2.24, 2.45) is 28.8 Å². The van der Waals surface area contributed by atoms with Gasteiger partial charge < -0.3 is 59.4 Å². The number of allylic oxidation sites excluding steroid dienone is 2. The van der Waals surface area contributed by atoms with E-state index in [1.165, 1.54) is 53.2 Å². The van der Waals surface area contributed by atoms with Crippen LogP contribution in [0.3, 0.4) is 0 Å². The van der Waals surface area contributed by atoms with Crippen LogP contribution in [0.5, 0.6) is 23.0 Å². The predicted octanol–water partition coefficient (Wildman–Crippen LogP) is 5.92. The summed E-state index contributed by atoms with van der Waals surface area (Å²) in [6.45, 7) is 15.2. The van der Waals surface area contributed by atoms with Crippen LogP contribution < -0.4 is 10.1 Å². The number of nitrogens with zero attached hydrogens (tertiary/aromatic N) is 1. The number of nitrogens with one attached hydrogen (secondary N) is 1. The van der Waals surface area contributed by atoms with Crippen molar-refractivity contribution >= 4 is 40.3 Å². The van der Waals surface area contributed by atoms with Gasteiger partial charge in [0, 0.05) is 67.8 Å². The molecule has 0 spiro atoms. The maximum Gasteiger partial charge on any atom is 0.312 e. The number of hydrogen-bond donors (Lipinski definition) is 6. The fourth-order valence-corrected chi connectivity index (χ4v) is 7.46. The van der Waals surface area contributed by atoms with Gasteiger partial charge in [-0.3, -0.25) is 14.4 Å². The van der Waals surface area contributed by atoms with Crippen molar-refractivity contribution in [1.29, 1.82) is 0 Å². The summed E-state index contributed by atoms with van der Waals surface area (Å²) in [7, 11) is 1.43. The number of fused-ring (bicyclic) bond motifs is 14. The van der Waals surface area contributed by atoms with Gasteiger partial charge >= 0.3 is 11.8 Å². The molecule has 16 nitrogen and oxygen atoms in total. The molecule has 1 amide bonds. The topological polar surface area (TPSA) is 232 Å². The van der Waals surface area contributed by atoms with E-state index in [4.69, 9.17) is 28.5 Å². The van der Waals surface area contributed by atoms with Crippen LogP contribution >= 0.6 is 0 Å². The number of unbranched alkanes of at least 4 members (excludes halogenated alkanes) is 1. The molecule has 0 saturated heterocycles. The van der Waals surface area contributed by atoms with Gasteiger partial charge in [0.15, 0.2) is 5.75 Å². The summed E-state index contributed by atoms with van der Waals surface area (Å²) in [5.74, 6) is -8.73. The van der Waals surface area contributed by atoms with Crippen LogP contribution in [0.25, 0.3) is 10.8 Å². The van der Waals surface area contributed by atoms with Gasteiger partial charge in [-0.15, -0.1) is 0 Å². The average molecular weight is 841 g/mol. The molecule has 6 N–H and O–H groups in total. The maximum atomic E-state index is 14.4. The van der Waals surface area contributed by atoms with E-state index in [0.29, 0.717) is 6.61 Å². The zero-order valence-corrected chi connectivity index (χ0v) is 36.0. The van der Waals surface area contributed by atoms with Crippen molar-refractivity contribution in [2.45, 2.75) is 105 Å². The lowest BCUT2D eigenvalue weighted by Gasteiger charge is -2.38. The number of carbonyl (C=O) groups excluding carboxylic acids is 3. The minimum absolute atomic E-state index is 0.0272. The van der Waals surface area contributed by atoms with E-state index in [1.54, 1.807) is 39.8 Å². The number of phenols is 3. The lowest BCUT2D eigenvalue weighted by Crippen LogP contribution is -2.46. The first-order valence-electron chi connectivity index (χ1n) is 20.1. The van der Waals surface area contributed by atoms with Crippen LogP contribution in [-0.2, 0) is 33.4 Å². The molecule has 3 aliphatic rings. The van der Waals surface area contributed by atoms with E-state index in [-0.39, 0.29) is 57.7 Å². The summed E-state index contributed by atoms with van der Waals surface area (Å²) >= 11 is 0. The number of Topliss-reactive ketones (excluding diaryl/α,β-unsaturated/α-hetero) is 1. The Labute approximate surface area is 350 Å². The number of carbonyl (C=O) groups is 3. The maximum absolute atomic E-state index is 14.4. The lowest BCUT2D eigenvalue weighted by atomic mass is 9.78. The number of esters is 1. The van der Waals surface area contributed by atoms with Gasteiger partial charge in [0.1, 0.15) is 30.0 Å². The normalized spacial score (nSPS) is 29.8. The molecular formula is C44H60N2O14. The fraction of sp³-hybridized carbons (Fsp3) is 0.545. The smallest absolute Gasteiger partial charge is 0.312 e. The van der Waals surface area contributed by atoms with Crippen LogP contribution in [0.15, 0.2) is 41.3 Å². The highest BCUT2D eigenvalue weighted by molar-refractivity contribution is 6.23. The third-order valence-corrected chi connectivity index (χ3v) is 11.3. The van der Waals surface area contributed by atoms with Gasteiger partial charge in [0.25, 0.3) is 11.7 Å². The molecule has 0 radical (unpaired) electrons. The largest absolute Gasteiger partial charge is 0.507 e. The number of rotatable bonds is 10. The van der Waals surface area contributed by atoms with Gasteiger partial charge in [-0.05, 0) is 26.3 Å². The first kappa shape index (κ1) is 47.5. The number of oxime groups is 1. The fourth-order valence-electron chi connectivity index (χ4n) is 7.46. The number of ketones is 1. The van der Waals surface area contributed by atoms with E-state index in [1.807, 2.05) is 6.92 Å².